The van der Waals surface area contributed by atoms with Gasteiger partial charge < -0.3 is 10.4 Å². The fourth-order valence-electron chi connectivity index (χ4n) is 5.22. The van der Waals surface area contributed by atoms with Crippen LogP contribution in [0.4, 0.5) is 17.6 Å². The summed E-state index contributed by atoms with van der Waals surface area (Å²) in [5.41, 5.74) is -0.477. The number of piperazine rings is 1. The van der Waals surface area contributed by atoms with Gasteiger partial charge in [-0.1, -0.05) is 37.6 Å². The number of nitrogens with zero attached hydrogens (tertiary/aromatic N) is 1. The normalized spacial score (nSPS) is 23.6. The molecule has 0 bridgehead atoms. The summed E-state index contributed by atoms with van der Waals surface area (Å²) in [6, 6.07) is 6.97. The van der Waals surface area contributed by atoms with Gasteiger partial charge in [0.2, 0.25) is 14.8 Å². The molecule has 1 aliphatic carbocycles. The van der Waals surface area contributed by atoms with E-state index in [1.54, 1.807) is 13.0 Å². The Balaban J connectivity index is 1.92. The molecule has 2 aromatic rings. The molecule has 1 aliphatic heterocycles. The predicted molar refractivity (Wildman–Crippen MR) is 117 cm³/mol. The number of hydrogen-bond donors (Lipinski definition) is 2. The van der Waals surface area contributed by atoms with Gasteiger partial charge in [0.25, 0.3) is 0 Å². The van der Waals surface area contributed by atoms with E-state index >= 15 is 0 Å². The molecular formula is C23H24F4N2O4S. The lowest BCUT2D eigenvalue weighted by Crippen LogP contribution is -2.57. The SMILES string of the molecule is CCC1Cc2c(-c3ccc(C(F)(F)F)c(F)c3)cccc2C1(C(=O)O)S(=O)(=O)N1CCNCC1. The van der Waals surface area contributed by atoms with Gasteiger partial charge >= 0.3 is 12.1 Å². The van der Waals surface area contributed by atoms with Crippen molar-refractivity contribution in [2.75, 3.05) is 26.2 Å². The van der Waals surface area contributed by atoms with E-state index in [4.69, 9.17) is 0 Å². The third kappa shape index (κ3) is 3.61. The second-order valence-corrected chi connectivity index (χ2v) is 10.6. The molecule has 1 fully saturated rings. The third-order valence-corrected chi connectivity index (χ3v) is 9.41. The van der Waals surface area contributed by atoms with Crippen molar-refractivity contribution >= 4 is 16.0 Å². The number of halogens is 4. The van der Waals surface area contributed by atoms with Crippen molar-refractivity contribution in [2.24, 2.45) is 5.92 Å². The van der Waals surface area contributed by atoms with Crippen LogP contribution in [0.2, 0.25) is 0 Å². The van der Waals surface area contributed by atoms with Crippen LogP contribution >= 0.6 is 0 Å². The Labute approximate surface area is 194 Å². The highest BCUT2D eigenvalue weighted by Gasteiger charge is 2.63. The molecule has 2 N–H and O–H groups in total. The zero-order chi connectivity index (χ0) is 24.9. The van der Waals surface area contributed by atoms with Crippen molar-refractivity contribution in [3.8, 4) is 11.1 Å². The highest BCUT2D eigenvalue weighted by molar-refractivity contribution is 7.90. The number of hydrogen-bond acceptors (Lipinski definition) is 4. The minimum absolute atomic E-state index is 0.0856. The van der Waals surface area contributed by atoms with Crippen LogP contribution in [0.5, 0.6) is 0 Å². The molecule has 1 heterocycles. The lowest BCUT2D eigenvalue weighted by molar-refractivity contribution is -0.142. The van der Waals surface area contributed by atoms with Gasteiger partial charge in [0.1, 0.15) is 5.82 Å². The van der Waals surface area contributed by atoms with Gasteiger partial charge in [-0.05, 0) is 46.7 Å². The van der Waals surface area contributed by atoms with Crippen LogP contribution < -0.4 is 5.32 Å². The van der Waals surface area contributed by atoms with Crippen molar-refractivity contribution in [2.45, 2.75) is 30.7 Å². The molecule has 0 aromatic heterocycles. The molecule has 34 heavy (non-hydrogen) atoms. The van der Waals surface area contributed by atoms with E-state index in [0.29, 0.717) is 30.3 Å². The highest BCUT2D eigenvalue weighted by Crippen LogP contribution is 2.52. The summed E-state index contributed by atoms with van der Waals surface area (Å²) in [7, 11) is -4.36. The Morgan fingerprint density at radius 2 is 1.88 bits per heavy atom. The van der Waals surface area contributed by atoms with Crippen molar-refractivity contribution in [3.63, 3.8) is 0 Å². The summed E-state index contributed by atoms with van der Waals surface area (Å²) in [5, 5.41) is 13.4. The molecule has 184 valence electrons. The molecule has 6 nitrogen and oxygen atoms in total. The van der Waals surface area contributed by atoms with Crippen molar-refractivity contribution in [3.05, 3.63) is 58.9 Å². The smallest absolute Gasteiger partial charge is 0.419 e. The zero-order valence-corrected chi connectivity index (χ0v) is 19.1. The Morgan fingerprint density at radius 1 is 1.21 bits per heavy atom. The first-order chi connectivity index (χ1) is 16.0. The number of alkyl halides is 3. The zero-order valence-electron chi connectivity index (χ0n) is 18.3. The second kappa shape index (κ2) is 8.62. The number of rotatable bonds is 5. The average molecular weight is 501 g/mol. The molecule has 2 atom stereocenters. The second-order valence-electron chi connectivity index (χ2n) is 8.53. The Hall–Kier alpha value is -2.50. The maximum absolute atomic E-state index is 14.3. The van der Waals surface area contributed by atoms with Gasteiger partial charge in [-0.25, -0.2) is 12.8 Å². The molecular weight excluding hydrogens is 476 g/mol. The van der Waals surface area contributed by atoms with Gasteiger partial charge in [-0.3, -0.25) is 4.79 Å². The van der Waals surface area contributed by atoms with Crippen LogP contribution in [0.15, 0.2) is 36.4 Å². The minimum Gasteiger partial charge on any atom is -0.480 e. The van der Waals surface area contributed by atoms with E-state index in [1.165, 1.54) is 16.4 Å². The first-order valence-electron chi connectivity index (χ1n) is 10.9. The number of sulfonamides is 1. The molecule has 2 unspecified atom stereocenters. The van der Waals surface area contributed by atoms with E-state index in [2.05, 4.69) is 5.32 Å². The lowest BCUT2D eigenvalue weighted by atomic mass is 9.89. The maximum atomic E-state index is 14.3. The van der Waals surface area contributed by atoms with Crippen LogP contribution in [0.1, 0.15) is 30.0 Å². The van der Waals surface area contributed by atoms with Crippen LogP contribution in [-0.2, 0) is 32.2 Å². The Bertz CT molecular complexity index is 1230. The highest BCUT2D eigenvalue weighted by atomic mass is 32.2. The lowest BCUT2D eigenvalue weighted by Gasteiger charge is -2.38. The Kier molecular flexibility index (Phi) is 6.24. The van der Waals surface area contributed by atoms with Gasteiger partial charge in [-0.15, -0.1) is 0 Å². The number of fused-ring (bicyclic) bond motifs is 1. The van der Waals surface area contributed by atoms with Crippen LogP contribution in [0.3, 0.4) is 0 Å². The Morgan fingerprint density at radius 3 is 2.44 bits per heavy atom. The number of nitrogens with one attached hydrogen (secondary N) is 1. The number of carboxylic acid groups (broad SMARTS) is 1. The first kappa shape index (κ1) is 24.6. The van der Waals surface area contributed by atoms with E-state index in [9.17, 15) is 35.9 Å². The molecule has 0 saturated carbocycles. The first-order valence-corrected chi connectivity index (χ1v) is 12.3. The molecule has 1 saturated heterocycles. The van der Waals surface area contributed by atoms with Gasteiger partial charge in [0.05, 0.1) is 5.56 Å². The number of benzene rings is 2. The van der Waals surface area contributed by atoms with Gasteiger partial charge in [0.15, 0.2) is 0 Å². The fraction of sp³-hybridized carbons (Fsp3) is 0.435. The largest absolute Gasteiger partial charge is 0.480 e. The summed E-state index contributed by atoms with van der Waals surface area (Å²) in [5.74, 6) is -3.75. The monoisotopic (exact) mass is 500 g/mol. The number of carbonyl (C=O) groups is 1. The fourth-order valence-corrected chi connectivity index (χ4v) is 7.65. The average Bonchev–Trinajstić information content (AvgIpc) is 3.14. The summed E-state index contributed by atoms with van der Waals surface area (Å²) in [6.07, 6.45) is -4.53. The van der Waals surface area contributed by atoms with Crippen molar-refractivity contribution in [1.29, 1.82) is 0 Å². The van der Waals surface area contributed by atoms with E-state index in [1.807, 2.05) is 0 Å². The molecule has 0 radical (unpaired) electrons. The van der Waals surface area contributed by atoms with Crippen LogP contribution in [0.25, 0.3) is 11.1 Å². The summed E-state index contributed by atoms with van der Waals surface area (Å²) in [6.45, 7) is 2.76. The summed E-state index contributed by atoms with van der Waals surface area (Å²) < 4.78 is 80.1. The quantitative estimate of drug-likeness (QED) is 0.613. The third-order valence-electron chi connectivity index (χ3n) is 6.82. The minimum atomic E-state index is -4.86. The number of aliphatic carboxylic acids is 1. The van der Waals surface area contributed by atoms with Gasteiger partial charge in [-0.2, -0.15) is 17.5 Å². The van der Waals surface area contributed by atoms with E-state index in [0.717, 1.165) is 12.1 Å². The molecule has 2 aliphatic rings. The van der Waals surface area contributed by atoms with Crippen LogP contribution in [-0.4, -0.2) is 50.0 Å². The van der Waals surface area contributed by atoms with Gasteiger partial charge in [0, 0.05) is 26.2 Å². The van der Waals surface area contributed by atoms with E-state index < -0.39 is 44.2 Å². The van der Waals surface area contributed by atoms with Crippen LogP contribution in [0, 0.1) is 11.7 Å². The van der Waals surface area contributed by atoms with Crippen molar-refractivity contribution in [1.82, 2.24) is 9.62 Å². The molecule has 0 amide bonds. The topological polar surface area (TPSA) is 86.7 Å². The molecule has 4 rings (SSSR count). The standard InChI is InChI=1S/C23H24F4N2O4S/c1-2-15-13-17-16(14-6-7-19(20(24)12-14)23(25,26)27)4-3-5-18(17)22(15,21(30)31)34(32,33)29-10-8-28-9-11-29/h3-7,12,15,28H,2,8-11,13H2,1H3,(H,30,31). The molecule has 2 aromatic carbocycles. The molecule has 11 heteroatoms. The maximum Gasteiger partial charge on any atom is 0.419 e. The van der Waals surface area contributed by atoms with E-state index in [-0.39, 0.29) is 37.1 Å². The predicted octanol–water partition coefficient (Wildman–Crippen LogP) is 3.61. The van der Waals surface area contributed by atoms with Crippen molar-refractivity contribution < 1.29 is 35.9 Å². The molecule has 0 spiro atoms. The summed E-state index contributed by atoms with van der Waals surface area (Å²) in [4.78, 5) is 12.8. The number of carboxylic acids is 1. The summed E-state index contributed by atoms with van der Waals surface area (Å²) >= 11 is 0.